The summed E-state index contributed by atoms with van der Waals surface area (Å²) in [5, 5.41) is 3.14. The zero-order chi connectivity index (χ0) is 13.9. The van der Waals surface area contributed by atoms with Crippen molar-refractivity contribution >= 4 is 5.69 Å². The lowest BCUT2D eigenvalue weighted by atomic mass is 10.2. The van der Waals surface area contributed by atoms with E-state index in [2.05, 4.69) is 26.3 Å². The first kappa shape index (κ1) is 12.4. The van der Waals surface area contributed by atoms with E-state index >= 15 is 0 Å². The van der Waals surface area contributed by atoms with E-state index in [1.165, 1.54) is 0 Å². The van der Waals surface area contributed by atoms with E-state index in [4.69, 9.17) is 0 Å². The number of aromatic nitrogens is 3. The summed E-state index contributed by atoms with van der Waals surface area (Å²) in [7, 11) is 1.91. The van der Waals surface area contributed by atoms with Crippen molar-refractivity contribution in [1.29, 1.82) is 0 Å². The molecule has 3 aromatic rings. The molecule has 0 amide bonds. The molecule has 0 bridgehead atoms. The van der Waals surface area contributed by atoms with Gasteiger partial charge in [-0.15, -0.1) is 0 Å². The number of H-pyrrole nitrogens is 1. The number of imidazole rings is 1. The Hall–Kier alpha value is -2.62. The molecule has 0 spiro atoms. The van der Waals surface area contributed by atoms with Crippen molar-refractivity contribution in [2.45, 2.75) is 6.92 Å². The van der Waals surface area contributed by atoms with E-state index in [1.54, 1.807) is 6.20 Å². The first-order chi connectivity index (χ1) is 9.78. The van der Waals surface area contributed by atoms with Gasteiger partial charge in [0.25, 0.3) is 0 Å². The Morgan fingerprint density at radius 1 is 1.10 bits per heavy atom. The molecule has 2 heterocycles. The number of nitrogens with zero attached hydrogens (tertiary/aromatic N) is 2. The number of pyridine rings is 1. The highest BCUT2D eigenvalue weighted by Crippen LogP contribution is 2.25. The number of nitrogens with one attached hydrogen (secondary N) is 2. The fourth-order valence-electron chi connectivity index (χ4n) is 2.17. The molecule has 0 atom stereocenters. The summed E-state index contributed by atoms with van der Waals surface area (Å²) >= 11 is 0. The van der Waals surface area contributed by atoms with Crippen LogP contribution in [0.15, 0.2) is 48.7 Å². The lowest BCUT2D eigenvalue weighted by Gasteiger charge is -2.01. The highest BCUT2D eigenvalue weighted by Gasteiger charge is 2.11. The molecular weight excluding hydrogens is 248 g/mol. The van der Waals surface area contributed by atoms with Gasteiger partial charge in [-0.05, 0) is 31.2 Å². The Morgan fingerprint density at radius 2 is 2.00 bits per heavy atom. The van der Waals surface area contributed by atoms with Crippen LogP contribution in [-0.2, 0) is 0 Å². The normalized spacial score (nSPS) is 10.5. The minimum absolute atomic E-state index is 0.861. The highest BCUT2D eigenvalue weighted by molar-refractivity contribution is 5.67. The van der Waals surface area contributed by atoms with E-state index in [1.807, 2.05) is 50.4 Å². The van der Waals surface area contributed by atoms with Crippen LogP contribution in [-0.4, -0.2) is 22.0 Å². The molecule has 0 unspecified atom stereocenters. The van der Waals surface area contributed by atoms with Gasteiger partial charge in [0, 0.05) is 30.2 Å². The van der Waals surface area contributed by atoms with E-state index in [-0.39, 0.29) is 0 Å². The number of aromatic amines is 1. The first-order valence-corrected chi connectivity index (χ1v) is 6.54. The highest BCUT2D eigenvalue weighted by atomic mass is 14.9. The second kappa shape index (κ2) is 5.17. The van der Waals surface area contributed by atoms with Crippen molar-refractivity contribution in [3.63, 3.8) is 0 Å². The lowest BCUT2D eigenvalue weighted by Crippen LogP contribution is -1.88. The van der Waals surface area contributed by atoms with Crippen molar-refractivity contribution < 1.29 is 0 Å². The Bertz CT molecular complexity index is 716. The molecule has 0 aliphatic heterocycles. The molecule has 0 aliphatic rings. The fraction of sp³-hybridized carbons (Fsp3) is 0.125. The van der Waals surface area contributed by atoms with Gasteiger partial charge in [0.05, 0.1) is 5.69 Å². The zero-order valence-corrected chi connectivity index (χ0v) is 11.5. The SMILES string of the molecule is CNc1cccc(-c2nc(-c3ccccn3)c(C)[nH]2)c1. The maximum atomic E-state index is 4.68. The molecule has 20 heavy (non-hydrogen) atoms. The van der Waals surface area contributed by atoms with Gasteiger partial charge in [-0.3, -0.25) is 4.98 Å². The van der Waals surface area contributed by atoms with Crippen molar-refractivity contribution in [2.24, 2.45) is 0 Å². The van der Waals surface area contributed by atoms with Gasteiger partial charge in [0.2, 0.25) is 0 Å². The molecule has 4 heteroatoms. The molecule has 2 N–H and O–H groups in total. The van der Waals surface area contributed by atoms with E-state index in [0.717, 1.165) is 34.2 Å². The molecular formula is C16H16N4. The number of aryl methyl sites for hydroxylation is 1. The van der Waals surface area contributed by atoms with E-state index in [9.17, 15) is 0 Å². The van der Waals surface area contributed by atoms with Crippen LogP contribution < -0.4 is 5.32 Å². The quantitative estimate of drug-likeness (QED) is 0.761. The summed E-state index contributed by atoms with van der Waals surface area (Å²) < 4.78 is 0. The smallest absolute Gasteiger partial charge is 0.138 e. The predicted octanol–water partition coefficient (Wildman–Crippen LogP) is 3.49. The molecule has 100 valence electrons. The topological polar surface area (TPSA) is 53.6 Å². The van der Waals surface area contributed by atoms with E-state index < -0.39 is 0 Å². The summed E-state index contributed by atoms with van der Waals surface area (Å²) in [5.41, 5.74) is 4.93. The van der Waals surface area contributed by atoms with Crippen LogP contribution in [0.25, 0.3) is 22.8 Å². The van der Waals surface area contributed by atoms with Crippen molar-refractivity contribution in [3.8, 4) is 22.8 Å². The summed E-state index contributed by atoms with van der Waals surface area (Å²) in [4.78, 5) is 12.4. The van der Waals surface area contributed by atoms with Gasteiger partial charge >= 0.3 is 0 Å². The number of hydrogen-bond acceptors (Lipinski definition) is 3. The molecule has 0 saturated carbocycles. The number of benzene rings is 1. The minimum atomic E-state index is 0.861. The molecule has 2 aromatic heterocycles. The monoisotopic (exact) mass is 264 g/mol. The fourth-order valence-corrected chi connectivity index (χ4v) is 2.17. The Balaban J connectivity index is 2.04. The summed E-state index contributed by atoms with van der Waals surface area (Å²) in [6.07, 6.45) is 1.78. The standard InChI is InChI=1S/C16H16N4/c1-11-15(14-8-3-4-9-18-14)20-16(19-11)12-6-5-7-13(10-12)17-2/h3-10,17H,1-2H3,(H,19,20). The van der Waals surface area contributed by atoms with Gasteiger partial charge in [-0.1, -0.05) is 18.2 Å². The van der Waals surface area contributed by atoms with Gasteiger partial charge < -0.3 is 10.3 Å². The summed E-state index contributed by atoms with van der Waals surface area (Å²) in [5.74, 6) is 0.861. The molecule has 4 nitrogen and oxygen atoms in total. The van der Waals surface area contributed by atoms with Gasteiger partial charge in [0.1, 0.15) is 11.5 Å². The van der Waals surface area contributed by atoms with Crippen LogP contribution in [0, 0.1) is 6.92 Å². The van der Waals surface area contributed by atoms with Gasteiger partial charge in [-0.2, -0.15) is 0 Å². The minimum Gasteiger partial charge on any atom is -0.388 e. The van der Waals surface area contributed by atoms with Gasteiger partial charge in [0.15, 0.2) is 0 Å². The van der Waals surface area contributed by atoms with Crippen molar-refractivity contribution in [3.05, 3.63) is 54.4 Å². The maximum absolute atomic E-state index is 4.68. The number of anilines is 1. The molecule has 3 rings (SSSR count). The average Bonchev–Trinajstić information content (AvgIpc) is 2.90. The van der Waals surface area contributed by atoms with Gasteiger partial charge in [-0.25, -0.2) is 4.98 Å². The second-order valence-electron chi connectivity index (χ2n) is 4.60. The summed E-state index contributed by atoms with van der Waals surface area (Å²) in [6.45, 7) is 2.02. The zero-order valence-electron chi connectivity index (χ0n) is 11.5. The molecule has 0 aliphatic carbocycles. The van der Waals surface area contributed by atoms with Crippen LogP contribution >= 0.6 is 0 Å². The average molecular weight is 264 g/mol. The third-order valence-corrected chi connectivity index (χ3v) is 3.22. The molecule has 0 radical (unpaired) electrons. The third kappa shape index (κ3) is 2.28. The first-order valence-electron chi connectivity index (χ1n) is 6.54. The third-order valence-electron chi connectivity index (χ3n) is 3.22. The molecule has 0 fully saturated rings. The Morgan fingerprint density at radius 3 is 2.75 bits per heavy atom. The van der Waals surface area contributed by atoms with Crippen LogP contribution in [0.5, 0.6) is 0 Å². The Kier molecular flexibility index (Phi) is 3.21. The number of hydrogen-bond donors (Lipinski definition) is 2. The van der Waals surface area contributed by atoms with Crippen molar-refractivity contribution in [2.75, 3.05) is 12.4 Å². The van der Waals surface area contributed by atoms with Crippen LogP contribution in [0.2, 0.25) is 0 Å². The van der Waals surface area contributed by atoms with E-state index in [0.29, 0.717) is 0 Å². The van der Waals surface area contributed by atoms with Crippen LogP contribution in [0.3, 0.4) is 0 Å². The maximum Gasteiger partial charge on any atom is 0.138 e. The lowest BCUT2D eigenvalue weighted by molar-refractivity contribution is 1.25. The van der Waals surface area contributed by atoms with Crippen LogP contribution in [0.1, 0.15) is 5.69 Å². The summed E-state index contributed by atoms with van der Waals surface area (Å²) in [6, 6.07) is 14.0. The Labute approximate surface area is 117 Å². The largest absolute Gasteiger partial charge is 0.388 e. The van der Waals surface area contributed by atoms with Crippen LogP contribution in [0.4, 0.5) is 5.69 Å². The predicted molar refractivity (Wildman–Crippen MR) is 81.5 cm³/mol. The number of rotatable bonds is 3. The second-order valence-corrected chi connectivity index (χ2v) is 4.60. The molecule has 1 aromatic carbocycles. The molecule has 0 saturated heterocycles. The van der Waals surface area contributed by atoms with Crippen molar-refractivity contribution in [1.82, 2.24) is 15.0 Å².